The fourth-order valence-electron chi connectivity index (χ4n) is 3.80. The molecule has 0 radical (unpaired) electrons. The number of allylic oxidation sites excluding steroid dienone is 1. The smallest absolute Gasteiger partial charge is 0.255 e. The number of anilines is 1. The third kappa shape index (κ3) is 4.44. The molecule has 2 heterocycles. The summed E-state index contributed by atoms with van der Waals surface area (Å²) in [6.07, 6.45) is 4.54. The van der Waals surface area contributed by atoms with Crippen LogP contribution in [-0.4, -0.2) is 22.3 Å². The van der Waals surface area contributed by atoms with Gasteiger partial charge in [0.2, 0.25) is 0 Å². The summed E-state index contributed by atoms with van der Waals surface area (Å²) in [5, 5.41) is 3.04. The van der Waals surface area contributed by atoms with Gasteiger partial charge in [-0.2, -0.15) is 0 Å². The molecule has 29 heavy (non-hydrogen) atoms. The van der Waals surface area contributed by atoms with Crippen molar-refractivity contribution in [2.45, 2.75) is 26.4 Å². The highest BCUT2D eigenvalue weighted by Crippen LogP contribution is 2.25. The third-order valence-electron chi connectivity index (χ3n) is 5.38. The van der Waals surface area contributed by atoms with Crippen molar-refractivity contribution in [2.75, 3.05) is 11.9 Å². The predicted octanol–water partition coefficient (Wildman–Crippen LogP) is 4.93. The molecule has 4 nitrogen and oxygen atoms in total. The zero-order valence-electron chi connectivity index (χ0n) is 16.7. The van der Waals surface area contributed by atoms with E-state index in [1.807, 2.05) is 55.7 Å². The van der Waals surface area contributed by atoms with Crippen molar-refractivity contribution < 1.29 is 4.79 Å². The fraction of sp³-hybridized carbons (Fsp3) is 0.200. The standard InChI is InChI=1S/C25H25N3O/c1-18(2)20-6-8-22(9-7-20)27-25(29)24-5-3-4-21-17-28(15-12-23(21)24)16-19-10-13-26-14-11-19/h3-11,13-14H,1,12,15-17H2,2H3,(H,27,29). The number of fused-ring (bicyclic) bond motifs is 1. The number of benzene rings is 2. The van der Waals surface area contributed by atoms with E-state index in [9.17, 15) is 4.79 Å². The molecule has 0 spiro atoms. The molecule has 2 aromatic carbocycles. The van der Waals surface area contributed by atoms with E-state index < -0.39 is 0 Å². The molecule has 4 rings (SSSR count). The summed E-state index contributed by atoms with van der Waals surface area (Å²) in [6.45, 7) is 8.61. The number of pyridine rings is 1. The Morgan fingerprint density at radius 1 is 1.10 bits per heavy atom. The van der Waals surface area contributed by atoms with Gasteiger partial charge in [-0.25, -0.2) is 0 Å². The summed E-state index contributed by atoms with van der Waals surface area (Å²) in [6, 6.07) is 18.0. The molecule has 0 bridgehead atoms. The number of aromatic nitrogens is 1. The molecule has 1 aliphatic heterocycles. The van der Waals surface area contributed by atoms with Crippen LogP contribution in [0.3, 0.4) is 0 Å². The Hall–Kier alpha value is -3.24. The minimum absolute atomic E-state index is 0.0486. The molecular formula is C25H25N3O. The Morgan fingerprint density at radius 3 is 2.59 bits per heavy atom. The summed E-state index contributed by atoms with van der Waals surface area (Å²) in [5.74, 6) is -0.0486. The number of hydrogen-bond acceptors (Lipinski definition) is 3. The van der Waals surface area contributed by atoms with Gasteiger partial charge in [0.1, 0.15) is 0 Å². The van der Waals surface area contributed by atoms with E-state index in [1.165, 1.54) is 11.1 Å². The number of hydrogen-bond donors (Lipinski definition) is 1. The lowest BCUT2D eigenvalue weighted by molar-refractivity contribution is 0.102. The van der Waals surface area contributed by atoms with E-state index in [1.54, 1.807) is 0 Å². The van der Waals surface area contributed by atoms with Crippen LogP contribution in [0.25, 0.3) is 5.57 Å². The van der Waals surface area contributed by atoms with Crippen LogP contribution >= 0.6 is 0 Å². The van der Waals surface area contributed by atoms with Crippen molar-refractivity contribution in [1.82, 2.24) is 9.88 Å². The lowest BCUT2D eigenvalue weighted by Crippen LogP contribution is -2.31. The first-order valence-corrected chi connectivity index (χ1v) is 9.89. The van der Waals surface area contributed by atoms with Crippen molar-refractivity contribution in [2.24, 2.45) is 0 Å². The molecule has 0 saturated carbocycles. The van der Waals surface area contributed by atoms with Crippen LogP contribution in [0.1, 0.15) is 39.5 Å². The quantitative estimate of drug-likeness (QED) is 0.680. The summed E-state index contributed by atoms with van der Waals surface area (Å²) < 4.78 is 0. The summed E-state index contributed by atoms with van der Waals surface area (Å²) in [4.78, 5) is 19.4. The Bertz CT molecular complexity index is 1030. The molecule has 1 aromatic heterocycles. The molecule has 0 atom stereocenters. The maximum absolute atomic E-state index is 12.9. The van der Waals surface area contributed by atoms with Crippen molar-refractivity contribution >= 4 is 17.2 Å². The highest BCUT2D eigenvalue weighted by atomic mass is 16.1. The second-order valence-electron chi connectivity index (χ2n) is 7.57. The van der Waals surface area contributed by atoms with Crippen molar-refractivity contribution in [1.29, 1.82) is 0 Å². The van der Waals surface area contributed by atoms with Crippen molar-refractivity contribution in [3.05, 3.63) is 101 Å². The molecule has 0 aliphatic carbocycles. The molecule has 3 aromatic rings. The van der Waals surface area contributed by atoms with Gasteiger partial charge >= 0.3 is 0 Å². The first kappa shape index (κ1) is 19.1. The van der Waals surface area contributed by atoms with Crippen LogP contribution < -0.4 is 5.32 Å². The van der Waals surface area contributed by atoms with Crippen molar-refractivity contribution in [3.8, 4) is 0 Å². The van der Waals surface area contributed by atoms with Gasteiger partial charge in [0.15, 0.2) is 0 Å². The zero-order chi connectivity index (χ0) is 20.2. The number of amides is 1. The van der Waals surface area contributed by atoms with Gasteiger partial charge < -0.3 is 5.32 Å². The van der Waals surface area contributed by atoms with Gasteiger partial charge in [0, 0.05) is 43.3 Å². The lowest BCUT2D eigenvalue weighted by atomic mass is 9.93. The Labute approximate surface area is 171 Å². The molecule has 0 unspecified atom stereocenters. The maximum Gasteiger partial charge on any atom is 0.255 e. The zero-order valence-corrected chi connectivity index (χ0v) is 16.7. The van der Waals surface area contributed by atoms with E-state index in [0.29, 0.717) is 0 Å². The molecule has 4 heteroatoms. The van der Waals surface area contributed by atoms with Crippen molar-refractivity contribution in [3.63, 3.8) is 0 Å². The number of nitrogens with zero attached hydrogens (tertiary/aromatic N) is 2. The monoisotopic (exact) mass is 383 g/mol. The highest BCUT2D eigenvalue weighted by molar-refractivity contribution is 6.05. The molecule has 146 valence electrons. The number of rotatable bonds is 5. The average molecular weight is 383 g/mol. The summed E-state index contributed by atoms with van der Waals surface area (Å²) >= 11 is 0. The van der Waals surface area contributed by atoms with E-state index >= 15 is 0 Å². The van der Waals surface area contributed by atoms with Crippen LogP contribution in [0.2, 0.25) is 0 Å². The van der Waals surface area contributed by atoms with E-state index in [2.05, 4.69) is 40.0 Å². The first-order chi connectivity index (χ1) is 14.1. The van der Waals surface area contributed by atoms with Gasteiger partial charge in [-0.3, -0.25) is 14.7 Å². The predicted molar refractivity (Wildman–Crippen MR) is 118 cm³/mol. The average Bonchev–Trinajstić information content (AvgIpc) is 2.74. The topological polar surface area (TPSA) is 45.2 Å². The third-order valence-corrected chi connectivity index (χ3v) is 5.38. The minimum Gasteiger partial charge on any atom is -0.322 e. The second-order valence-corrected chi connectivity index (χ2v) is 7.57. The van der Waals surface area contributed by atoms with Gasteiger partial charge in [-0.05, 0) is 65.9 Å². The van der Waals surface area contributed by atoms with Crippen LogP contribution in [0.15, 0.2) is 73.6 Å². The molecule has 1 N–H and O–H groups in total. The minimum atomic E-state index is -0.0486. The van der Waals surface area contributed by atoms with Gasteiger partial charge in [0.25, 0.3) is 5.91 Å². The number of nitrogens with one attached hydrogen (secondary N) is 1. The highest BCUT2D eigenvalue weighted by Gasteiger charge is 2.21. The van der Waals surface area contributed by atoms with Gasteiger partial charge in [0.05, 0.1) is 0 Å². The van der Waals surface area contributed by atoms with Gasteiger partial charge in [-0.15, -0.1) is 0 Å². The van der Waals surface area contributed by atoms with E-state index in [0.717, 1.165) is 54.0 Å². The van der Waals surface area contributed by atoms with E-state index in [4.69, 9.17) is 0 Å². The van der Waals surface area contributed by atoms with Gasteiger partial charge in [-0.1, -0.05) is 36.4 Å². The fourth-order valence-corrected chi connectivity index (χ4v) is 3.80. The Balaban J connectivity index is 1.48. The molecular weight excluding hydrogens is 358 g/mol. The molecule has 1 amide bonds. The van der Waals surface area contributed by atoms with Crippen LogP contribution in [-0.2, 0) is 19.5 Å². The largest absolute Gasteiger partial charge is 0.322 e. The number of carbonyl (C=O) groups is 1. The SMILES string of the molecule is C=C(C)c1ccc(NC(=O)c2cccc3c2CCN(Cc2ccncc2)C3)cc1. The lowest BCUT2D eigenvalue weighted by Gasteiger charge is -2.30. The van der Waals surface area contributed by atoms with Crippen LogP contribution in [0, 0.1) is 0 Å². The Kier molecular flexibility index (Phi) is 5.54. The second kappa shape index (κ2) is 8.41. The summed E-state index contributed by atoms with van der Waals surface area (Å²) in [7, 11) is 0. The van der Waals surface area contributed by atoms with Crippen LogP contribution in [0.4, 0.5) is 5.69 Å². The molecule has 0 saturated heterocycles. The maximum atomic E-state index is 12.9. The van der Waals surface area contributed by atoms with E-state index in [-0.39, 0.29) is 5.91 Å². The molecule has 0 fully saturated rings. The number of carbonyl (C=O) groups excluding carboxylic acids is 1. The Morgan fingerprint density at radius 2 is 1.86 bits per heavy atom. The van der Waals surface area contributed by atoms with Crippen LogP contribution in [0.5, 0.6) is 0 Å². The summed E-state index contributed by atoms with van der Waals surface area (Å²) in [5.41, 5.74) is 7.31. The molecule has 1 aliphatic rings. The first-order valence-electron chi connectivity index (χ1n) is 9.89. The normalized spacial score (nSPS) is 13.6.